The van der Waals surface area contributed by atoms with Crippen LogP contribution < -0.4 is 10.1 Å². The summed E-state index contributed by atoms with van der Waals surface area (Å²) in [4.78, 5) is 0. The minimum atomic E-state index is 0.215. The van der Waals surface area contributed by atoms with Crippen molar-refractivity contribution >= 4 is 0 Å². The van der Waals surface area contributed by atoms with Crippen LogP contribution in [0.15, 0.2) is 18.2 Å². The van der Waals surface area contributed by atoms with Gasteiger partial charge in [0.1, 0.15) is 0 Å². The standard InChI is InChI=1S/C16H25NO2/c1-4-19-15-9-12(5-6-14(15)18)11-17-13-7-8-16(2,3)10-13/h5-6,9,13,17-18H,4,7-8,10-11H2,1-3H3. The Kier molecular flexibility index (Phi) is 4.35. The van der Waals surface area contributed by atoms with Gasteiger partial charge in [-0.3, -0.25) is 0 Å². The highest BCUT2D eigenvalue weighted by atomic mass is 16.5. The first kappa shape index (κ1) is 14.2. The van der Waals surface area contributed by atoms with Crippen LogP contribution in [0.4, 0.5) is 0 Å². The number of rotatable bonds is 5. The van der Waals surface area contributed by atoms with Gasteiger partial charge in [-0.15, -0.1) is 0 Å². The Balaban J connectivity index is 1.91. The van der Waals surface area contributed by atoms with Crippen LogP contribution in [0.2, 0.25) is 0 Å². The molecule has 1 fully saturated rings. The SMILES string of the molecule is CCOc1cc(CNC2CCC(C)(C)C2)ccc1O. The molecule has 2 rings (SSSR count). The van der Waals surface area contributed by atoms with E-state index in [9.17, 15) is 5.11 Å². The normalized spacial score (nSPS) is 21.5. The Morgan fingerprint density at radius 2 is 2.21 bits per heavy atom. The molecule has 1 aliphatic carbocycles. The highest BCUT2D eigenvalue weighted by molar-refractivity contribution is 5.41. The van der Waals surface area contributed by atoms with Gasteiger partial charge in [0, 0.05) is 12.6 Å². The quantitative estimate of drug-likeness (QED) is 0.855. The van der Waals surface area contributed by atoms with Crippen LogP contribution >= 0.6 is 0 Å². The first-order valence-corrected chi connectivity index (χ1v) is 7.18. The van der Waals surface area contributed by atoms with Gasteiger partial charge in [-0.1, -0.05) is 19.9 Å². The van der Waals surface area contributed by atoms with Crippen molar-refractivity contribution in [2.45, 2.75) is 52.6 Å². The Labute approximate surface area is 116 Å². The number of hydrogen-bond acceptors (Lipinski definition) is 3. The fraction of sp³-hybridized carbons (Fsp3) is 0.625. The van der Waals surface area contributed by atoms with E-state index < -0.39 is 0 Å². The van der Waals surface area contributed by atoms with Crippen molar-refractivity contribution in [3.05, 3.63) is 23.8 Å². The van der Waals surface area contributed by atoms with Gasteiger partial charge in [-0.25, -0.2) is 0 Å². The molecule has 19 heavy (non-hydrogen) atoms. The molecule has 0 heterocycles. The summed E-state index contributed by atoms with van der Waals surface area (Å²) in [5.74, 6) is 0.793. The molecule has 0 aromatic heterocycles. The van der Waals surface area contributed by atoms with Gasteiger partial charge >= 0.3 is 0 Å². The van der Waals surface area contributed by atoms with Crippen LogP contribution in [-0.2, 0) is 6.54 Å². The van der Waals surface area contributed by atoms with Gasteiger partial charge in [0.25, 0.3) is 0 Å². The third-order valence-electron chi connectivity index (χ3n) is 3.89. The number of benzene rings is 1. The van der Waals surface area contributed by atoms with E-state index in [0.717, 1.165) is 12.1 Å². The fourth-order valence-electron chi connectivity index (χ4n) is 2.81. The van der Waals surface area contributed by atoms with Gasteiger partial charge in [0.05, 0.1) is 6.61 Å². The first-order chi connectivity index (χ1) is 9.00. The van der Waals surface area contributed by atoms with E-state index in [1.165, 1.54) is 19.3 Å². The van der Waals surface area contributed by atoms with Crippen molar-refractivity contribution in [2.75, 3.05) is 6.61 Å². The Hall–Kier alpha value is -1.22. The lowest BCUT2D eigenvalue weighted by Crippen LogP contribution is -2.26. The van der Waals surface area contributed by atoms with Crippen molar-refractivity contribution in [3.63, 3.8) is 0 Å². The number of aromatic hydroxyl groups is 1. The summed E-state index contributed by atoms with van der Waals surface area (Å²) in [5.41, 5.74) is 1.63. The predicted molar refractivity (Wildman–Crippen MR) is 77.5 cm³/mol. The zero-order chi connectivity index (χ0) is 13.9. The lowest BCUT2D eigenvalue weighted by atomic mass is 9.92. The Morgan fingerprint density at radius 1 is 1.42 bits per heavy atom. The third kappa shape index (κ3) is 3.87. The number of phenolic OH excluding ortho intramolecular Hbond substituents is 1. The highest BCUT2D eigenvalue weighted by Gasteiger charge is 2.30. The minimum absolute atomic E-state index is 0.215. The summed E-state index contributed by atoms with van der Waals surface area (Å²) in [6, 6.07) is 6.19. The molecule has 0 radical (unpaired) electrons. The number of nitrogens with one attached hydrogen (secondary N) is 1. The van der Waals surface area contributed by atoms with Crippen molar-refractivity contribution in [1.29, 1.82) is 0 Å². The van der Waals surface area contributed by atoms with Gasteiger partial charge in [0.15, 0.2) is 11.5 Å². The molecule has 0 saturated heterocycles. The number of phenols is 1. The summed E-state index contributed by atoms with van der Waals surface area (Å²) in [6.07, 6.45) is 3.79. The molecule has 1 aliphatic rings. The number of ether oxygens (including phenoxy) is 1. The Morgan fingerprint density at radius 3 is 2.84 bits per heavy atom. The summed E-state index contributed by atoms with van der Waals surface area (Å²) < 4.78 is 5.40. The third-order valence-corrected chi connectivity index (χ3v) is 3.89. The van der Waals surface area contributed by atoms with Crippen LogP contribution in [0.1, 0.15) is 45.6 Å². The molecule has 1 unspecified atom stereocenters. The van der Waals surface area contributed by atoms with E-state index in [1.54, 1.807) is 6.07 Å². The maximum absolute atomic E-state index is 9.67. The van der Waals surface area contributed by atoms with Crippen LogP contribution in [0, 0.1) is 5.41 Å². The molecule has 1 aromatic rings. The zero-order valence-corrected chi connectivity index (χ0v) is 12.2. The Bertz CT molecular complexity index is 429. The average molecular weight is 263 g/mol. The second kappa shape index (κ2) is 5.83. The zero-order valence-electron chi connectivity index (χ0n) is 12.2. The van der Waals surface area contributed by atoms with Crippen LogP contribution in [0.3, 0.4) is 0 Å². The smallest absolute Gasteiger partial charge is 0.161 e. The van der Waals surface area contributed by atoms with Gasteiger partial charge < -0.3 is 15.2 Å². The van der Waals surface area contributed by atoms with Crippen LogP contribution in [-0.4, -0.2) is 17.8 Å². The van der Waals surface area contributed by atoms with Gasteiger partial charge in [-0.2, -0.15) is 0 Å². The summed E-state index contributed by atoms with van der Waals surface area (Å²) >= 11 is 0. The second-order valence-electron chi connectivity index (χ2n) is 6.22. The lowest BCUT2D eigenvalue weighted by molar-refractivity contribution is 0.317. The molecule has 3 nitrogen and oxygen atoms in total. The maximum Gasteiger partial charge on any atom is 0.161 e. The largest absolute Gasteiger partial charge is 0.504 e. The van der Waals surface area contributed by atoms with Gasteiger partial charge in [-0.05, 0) is 49.3 Å². The highest BCUT2D eigenvalue weighted by Crippen LogP contribution is 2.37. The molecule has 0 amide bonds. The van der Waals surface area contributed by atoms with Crippen molar-refractivity contribution in [2.24, 2.45) is 5.41 Å². The van der Waals surface area contributed by atoms with E-state index in [2.05, 4.69) is 19.2 Å². The predicted octanol–water partition coefficient (Wildman–Crippen LogP) is 3.46. The van der Waals surface area contributed by atoms with Crippen LogP contribution in [0.25, 0.3) is 0 Å². The molecule has 3 heteroatoms. The summed E-state index contributed by atoms with van der Waals surface area (Å²) in [5, 5.41) is 13.3. The monoisotopic (exact) mass is 263 g/mol. The topological polar surface area (TPSA) is 41.5 Å². The van der Waals surface area contributed by atoms with Crippen molar-refractivity contribution < 1.29 is 9.84 Å². The molecule has 2 N–H and O–H groups in total. The first-order valence-electron chi connectivity index (χ1n) is 7.18. The van der Waals surface area contributed by atoms with E-state index in [4.69, 9.17) is 4.74 Å². The summed E-state index contributed by atoms with van der Waals surface area (Å²) in [7, 11) is 0. The summed E-state index contributed by atoms with van der Waals surface area (Å²) in [6.45, 7) is 8.00. The van der Waals surface area contributed by atoms with Crippen molar-refractivity contribution in [1.82, 2.24) is 5.32 Å². The van der Waals surface area contributed by atoms with E-state index in [1.807, 2.05) is 19.1 Å². The molecule has 1 atom stereocenters. The fourth-order valence-corrected chi connectivity index (χ4v) is 2.81. The van der Waals surface area contributed by atoms with E-state index >= 15 is 0 Å². The molecule has 106 valence electrons. The number of hydrogen-bond donors (Lipinski definition) is 2. The molecular weight excluding hydrogens is 238 g/mol. The molecule has 0 aliphatic heterocycles. The van der Waals surface area contributed by atoms with E-state index in [0.29, 0.717) is 23.8 Å². The average Bonchev–Trinajstić information content (AvgIpc) is 2.70. The lowest BCUT2D eigenvalue weighted by Gasteiger charge is -2.18. The van der Waals surface area contributed by atoms with Gasteiger partial charge in [0.2, 0.25) is 0 Å². The van der Waals surface area contributed by atoms with Crippen LogP contribution in [0.5, 0.6) is 11.5 Å². The maximum atomic E-state index is 9.67. The molecule has 0 spiro atoms. The molecular formula is C16H25NO2. The molecule has 0 bridgehead atoms. The minimum Gasteiger partial charge on any atom is -0.504 e. The van der Waals surface area contributed by atoms with Crippen molar-refractivity contribution in [3.8, 4) is 11.5 Å². The molecule has 1 aromatic carbocycles. The second-order valence-corrected chi connectivity index (χ2v) is 6.22. The molecule has 1 saturated carbocycles. The van der Waals surface area contributed by atoms with E-state index in [-0.39, 0.29) is 5.75 Å².